The Morgan fingerprint density at radius 1 is 1.35 bits per heavy atom. The van der Waals surface area contributed by atoms with E-state index in [1.807, 2.05) is 6.07 Å². The fraction of sp³-hybridized carbons (Fsp3) is 0.571. The second-order valence-electron chi connectivity index (χ2n) is 5.39. The second kappa shape index (κ2) is 6.01. The molecule has 2 unspecified atom stereocenters. The zero-order valence-corrected chi connectivity index (χ0v) is 11.4. The molecule has 6 heteroatoms. The van der Waals surface area contributed by atoms with Gasteiger partial charge in [-0.15, -0.1) is 0 Å². The average molecular weight is 288 g/mol. The van der Waals surface area contributed by atoms with Gasteiger partial charge in [0.2, 0.25) is 0 Å². The van der Waals surface area contributed by atoms with Gasteiger partial charge in [-0.2, -0.15) is 13.2 Å². The van der Waals surface area contributed by atoms with E-state index in [1.54, 1.807) is 12.1 Å². The van der Waals surface area contributed by atoms with Crippen LogP contribution in [0.1, 0.15) is 12.5 Å². The molecule has 1 saturated heterocycles. The Labute approximate surface area is 116 Å². The summed E-state index contributed by atoms with van der Waals surface area (Å²) >= 11 is 0. The van der Waals surface area contributed by atoms with E-state index in [4.69, 9.17) is 10.5 Å². The molecule has 0 bridgehead atoms. The second-order valence-corrected chi connectivity index (χ2v) is 5.39. The van der Waals surface area contributed by atoms with Crippen LogP contribution in [-0.2, 0) is 6.54 Å². The summed E-state index contributed by atoms with van der Waals surface area (Å²) in [6, 6.07) is 6.95. The van der Waals surface area contributed by atoms with Crippen LogP contribution in [-0.4, -0.2) is 36.8 Å². The van der Waals surface area contributed by atoms with Gasteiger partial charge in [-0.1, -0.05) is 19.1 Å². The van der Waals surface area contributed by atoms with Crippen LogP contribution in [0.15, 0.2) is 24.3 Å². The minimum Gasteiger partial charge on any atom is -0.484 e. The van der Waals surface area contributed by atoms with Gasteiger partial charge >= 0.3 is 6.18 Å². The molecule has 20 heavy (non-hydrogen) atoms. The van der Waals surface area contributed by atoms with Gasteiger partial charge in [-0.3, -0.25) is 4.90 Å². The molecule has 0 amide bonds. The number of rotatable bonds is 4. The molecule has 1 aromatic rings. The largest absolute Gasteiger partial charge is 0.484 e. The highest BCUT2D eigenvalue weighted by Crippen LogP contribution is 2.22. The van der Waals surface area contributed by atoms with Gasteiger partial charge in [0.15, 0.2) is 6.61 Å². The molecule has 0 radical (unpaired) electrons. The molecule has 0 aromatic heterocycles. The summed E-state index contributed by atoms with van der Waals surface area (Å²) in [7, 11) is 0. The highest BCUT2D eigenvalue weighted by atomic mass is 19.4. The monoisotopic (exact) mass is 288 g/mol. The van der Waals surface area contributed by atoms with Crippen molar-refractivity contribution in [1.29, 1.82) is 0 Å². The molecular weight excluding hydrogens is 269 g/mol. The van der Waals surface area contributed by atoms with Crippen LogP contribution in [0.5, 0.6) is 5.75 Å². The first-order valence-corrected chi connectivity index (χ1v) is 6.60. The van der Waals surface area contributed by atoms with Gasteiger partial charge < -0.3 is 10.5 Å². The number of likely N-dealkylation sites (tertiary alicyclic amines) is 1. The van der Waals surface area contributed by atoms with Gasteiger partial charge in [0.05, 0.1) is 0 Å². The normalized spacial score (nSPS) is 24.1. The summed E-state index contributed by atoms with van der Waals surface area (Å²) in [4.78, 5) is 2.21. The van der Waals surface area contributed by atoms with E-state index in [9.17, 15) is 13.2 Å². The zero-order chi connectivity index (χ0) is 14.8. The summed E-state index contributed by atoms with van der Waals surface area (Å²) in [5, 5.41) is 0. The number of nitrogens with two attached hydrogens (primary N) is 1. The van der Waals surface area contributed by atoms with Gasteiger partial charge in [0.25, 0.3) is 0 Å². The maximum atomic E-state index is 12.1. The van der Waals surface area contributed by atoms with Crippen molar-refractivity contribution < 1.29 is 17.9 Å². The van der Waals surface area contributed by atoms with Gasteiger partial charge in [0, 0.05) is 25.7 Å². The molecule has 0 spiro atoms. The maximum absolute atomic E-state index is 12.1. The first kappa shape index (κ1) is 15.1. The van der Waals surface area contributed by atoms with Gasteiger partial charge in [-0.05, 0) is 23.6 Å². The van der Waals surface area contributed by atoms with Crippen molar-refractivity contribution in [2.24, 2.45) is 11.7 Å². The molecule has 1 aliphatic heterocycles. The Morgan fingerprint density at radius 3 is 2.70 bits per heavy atom. The third-order valence-corrected chi connectivity index (χ3v) is 3.45. The molecule has 2 N–H and O–H groups in total. The Hall–Kier alpha value is -1.27. The zero-order valence-electron chi connectivity index (χ0n) is 11.4. The van der Waals surface area contributed by atoms with Crippen LogP contribution in [0.4, 0.5) is 13.2 Å². The standard InChI is InChI=1S/C14H19F3N2O/c1-10-6-19(8-13(10)18)7-11-3-2-4-12(5-11)20-9-14(15,16)17/h2-5,10,13H,6-9,18H2,1H3. The fourth-order valence-electron chi connectivity index (χ4n) is 2.38. The quantitative estimate of drug-likeness (QED) is 0.924. The van der Waals surface area contributed by atoms with E-state index in [-0.39, 0.29) is 11.8 Å². The first-order valence-electron chi connectivity index (χ1n) is 6.60. The topological polar surface area (TPSA) is 38.5 Å². The van der Waals surface area contributed by atoms with E-state index in [0.717, 1.165) is 18.7 Å². The predicted octanol–water partition coefficient (Wildman–Crippen LogP) is 2.41. The molecule has 2 rings (SSSR count). The SMILES string of the molecule is CC1CN(Cc2cccc(OCC(F)(F)F)c2)CC1N. The van der Waals surface area contributed by atoms with E-state index in [1.165, 1.54) is 6.07 Å². The molecule has 1 fully saturated rings. The molecule has 2 atom stereocenters. The highest BCUT2D eigenvalue weighted by Gasteiger charge is 2.29. The van der Waals surface area contributed by atoms with Crippen molar-refractivity contribution in [2.75, 3.05) is 19.7 Å². The number of nitrogens with zero attached hydrogens (tertiary/aromatic N) is 1. The Kier molecular flexibility index (Phi) is 4.55. The van der Waals surface area contributed by atoms with Crippen molar-refractivity contribution in [2.45, 2.75) is 25.7 Å². The summed E-state index contributed by atoms with van der Waals surface area (Å²) in [5.74, 6) is 0.691. The van der Waals surface area contributed by atoms with E-state index >= 15 is 0 Å². The third kappa shape index (κ3) is 4.38. The summed E-state index contributed by atoms with van der Waals surface area (Å²) < 4.78 is 41.1. The van der Waals surface area contributed by atoms with Crippen molar-refractivity contribution in [3.8, 4) is 5.75 Å². The summed E-state index contributed by atoms with van der Waals surface area (Å²) in [6.45, 7) is 3.25. The third-order valence-electron chi connectivity index (χ3n) is 3.45. The molecule has 112 valence electrons. The molecule has 1 aromatic carbocycles. The minimum atomic E-state index is -4.31. The van der Waals surface area contributed by atoms with Crippen LogP contribution in [0, 0.1) is 5.92 Å². The molecule has 0 saturated carbocycles. The molecule has 1 aliphatic rings. The van der Waals surface area contributed by atoms with Crippen molar-refractivity contribution in [1.82, 2.24) is 4.90 Å². The van der Waals surface area contributed by atoms with Gasteiger partial charge in [-0.25, -0.2) is 0 Å². The van der Waals surface area contributed by atoms with E-state index < -0.39 is 12.8 Å². The highest BCUT2D eigenvalue weighted by molar-refractivity contribution is 5.28. The number of hydrogen-bond acceptors (Lipinski definition) is 3. The summed E-state index contributed by atoms with van der Waals surface area (Å²) in [6.07, 6.45) is -4.31. The smallest absolute Gasteiger partial charge is 0.422 e. The lowest BCUT2D eigenvalue weighted by Crippen LogP contribution is -2.28. The number of ether oxygens (including phenoxy) is 1. The van der Waals surface area contributed by atoms with Crippen LogP contribution in [0.25, 0.3) is 0 Å². The minimum absolute atomic E-state index is 0.166. The van der Waals surface area contributed by atoms with Crippen LogP contribution in [0.3, 0.4) is 0 Å². The number of hydrogen-bond donors (Lipinski definition) is 1. The van der Waals surface area contributed by atoms with Crippen molar-refractivity contribution in [3.63, 3.8) is 0 Å². The predicted molar refractivity (Wildman–Crippen MR) is 70.4 cm³/mol. The maximum Gasteiger partial charge on any atom is 0.422 e. The molecule has 3 nitrogen and oxygen atoms in total. The van der Waals surface area contributed by atoms with Crippen LogP contribution in [0.2, 0.25) is 0 Å². The number of halogens is 3. The fourth-order valence-corrected chi connectivity index (χ4v) is 2.38. The number of benzene rings is 1. The number of alkyl halides is 3. The van der Waals surface area contributed by atoms with Crippen LogP contribution >= 0.6 is 0 Å². The van der Waals surface area contributed by atoms with Gasteiger partial charge in [0.1, 0.15) is 5.75 Å². The lowest BCUT2D eigenvalue weighted by Gasteiger charge is -2.16. The van der Waals surface area contributed by atoms with E-state index in [0.29, 0.717) is 12.5 Å². The van der Waals surface area contributed by atoms with Crippen LogP contribution < -0.4 is 10.5 Å². The average Bonchev–Trinajstić information content (AvgIpc) is 2.65. The molecule has 1 heterocycles. The Morgan fingerprint density at radius 2 is 2.10 bits per heavy atom. The Balaban J connectivity index is 1.93. The first-order chi connectivity index (χ1) is 9.33. The lowest BCUT2D eigenvalue weighted by atomic mass is 10.1. The van der Waals surface area contributed by atoms with E-state index in [2.05, 4.69) is 11.8 Å². The molecule has 0 aliphatic carbocycles. The molecular formula is C14H19F3N2O. The summed E-state index contributed by atoms with van der Waals surface area (Å²) in [5.41, 5.74) is 6.89. The van der Waals surface area contributed by atoms with Crippen molar-refractivity contribution >= 4 is 0 Å². The van der Waals surface area contributed by atoms with Crippen molar-refractivity contribution in [3.05, 3.63) is 29.8 Å². The Bertz CT molecular complexity index is 440. The lowest BCUT2D eigenvalue weighted by molar-refractivity contribution is -0.153.